The van der Waals surface area contributed by atoms with Crippen LogP contribution >= 0.6 is 0 Å². The Balaban J connectivity index is 2.62. The molecule has 17 heavy (non-hydrogen) atoms. The van der Waals surface area contributed by atoms with Crippen LogP contribution in [0.25, 0.3) is 0 Å². The predicted octanol–water partition coefficient (Wildman–Crippen LogP) is 0.933. The highest BCUT2D eigenvalue weighted by Gasteiger charge is 2.42. The second kappa shape index (κ2) is 3.51. The maximum Gasteiger partial charge on any atom is 0.259 e. The van der Waals surface area contributed by atoms with Gasteiger partial charge in [-0.1, -0.05) is 0 Å². The van der Waals surface area contributed by atoms with E-state index in [1.54, 1.807) is 0 Å². The zero-order valence-electron chi connectivity index (χ0n) is 9.34. The molecule has 90 valence electrons. The van der Waals surface area contributed by atoms with Crippen LogP contribution in [-0.4, -0.2) is 11.9 Å². The molecule has 0 aliphatic carbocycles. The van der Waals surface area contributed by atoms with Gasteiger partial charge in [-0.05, 0) is 31.5 Å². The maximum absolute atomic E-state index is 13.8. The number of nitrogens with two attached hydrogens (primary N) is 1. The van der Waals surface area contributed by atoms with Crippen LogP contribution in [-0.2, 0) is 10.3 Å². The fraction of sp³-hybridized carbons (Fsp3) is 0.273. The average molecular weight is 239 g/mol. The van der Waals surface area contributed by atoms with Crippen LogP contribution < -0.4 is 11.1 Å². The summed E-state index contributed by atoms with van der Waals surface area (Å²) in [5.41, 5.74) is 3.89. The molecular weight excluding hydrogens is 228 g/mol. The molecule has 0 saturated heterocycles. The summed E-state index contributed by atoms with van der Waals surface area (Å²) >= 11 is 0. The van der Waals surface area contributed by atoms with E-state index in [0.29, 0.717) is 0 Å². The van der Waals surface area contributed by atoms with Crippen molar-refractivity contribution in [2.24, 2.45) is 10.7 Å². The minimum absolute atomic E-state index is 0.0992. The first-order valence-electron chi connectivity index (χ1n) is 4.97. The van der Waals surface area contributed by atoms with E-state index in [9.17, 15) is 13.6 Å². The minimum Gasteiger partial charge on any atom is -0.370 e. The molecular formula is C11H11F2N3O. The smallest absolute Gasteiger partial charge is 0.259 e. The Labute approximate surface area is 96.5 Å². The van der Waals surface area contributed by atoms with E-state index in [1.807, 2.05) is 0 Å². The number of nitrogens with one attached hydrogen (secondary N) is 1. The lowest BCUT2D eigenvalue weighted by Crippen LogP contribution is -2.37. The number of hydrogen-bond acceptors (Lipinski definition) is 3. The van der Waals surface area contributed by atoms with Crippen molar-refractivity contribution in [1.29, 1.82) is 0 Å². The maximum atomic E-state index is 13.8. The summed E-state index contributed by atoms with van der Waals surface area (Å²) in [5, 5.41) is 2.27. The number of aliphatic imine (C=N–C) groups is 1. The number of aryl methyl sites for hydroxylation is 1. The highest BCUT2D eigenvalue weighted by molar-refractivity contribution is 6.06. The molecule has 0 saturated carbocycles. The Morgan fingerprint density at radius 2 is 2.00 bits per heavy atom. The molecule has 1 aromatic rings. The van der Waals surface area contributed by atoms with Crippen LogP contribution in [0.2, 0.25) is 0 Å². The Hall–Kier alpha value is -1.98. The lowest BCUT2D eigenvalue weighted by molar-refractivity contribution is -0.123. The first-order chi connectivity index (χ1) is 7.84. The van der Waals surface area contributed by atoms with E-state index in [4.69, 9.17) is 5.73 Å². The second-order valence-electron chi connectivity index (χ2n) is 4.10. The lowest BCUT2D eigenvalue weighted by Gasteiger charge is -2.19. The van der Waals surface area contributed by atoms with Gasteiger partial charge in [-0.2, -0.15) is 0 Å². The van der Waals surface area contributed by atoms with Crippen LogP contribution in [0, 0.1) is 18.6 Å². The predicted molar refractivity (Wildman–Crippen MR) is 58.2 cm³/mol. The van der Waals surface area contributed by atoms with Crippen LogP contribution in [0.5, 0.6) is 0 Å². The zero-order chi connectivity index (χ0) is 12.8. The number of hydrogen-bond donors (Lipinski definition) is 2. The quantitative estimate of drug-likeness (QED) is 0.765. The Kier molecular flexibility index (Phi) is 2.38. The van der Waals surface area contributed by atoms with Crippen molar-refractivity contribution in [3.8, 4) is 0 Å². The third kappa shape index (κ3) is 1.65. The number of halogens is 2. The number of nitrogens with zero attached hydrogens (tertiary/aromatic N) is 1. The van der Waals surface area contributed by atoms with Gasteiger partial charge >= 0.3 is 0 Å². The average Bonchev–Trinajstić information content (AvgIpc) is 2.47. The van der Waals surface area contributed by atoms with Gasteiger partial charge in [0.15, 0.2) is 11.5 Å². The van der Waals surface area contributed by atoms with Gasteiger partial charge in [-0.3, -0.25) is 10.1 Å². The Morgan fingerprint density at radius 1 is 1.35 bits per heavy atom. The first-order valence-corrected chi connectivity index (χ1v) is 4.97. The van der Waals surface area contributed by atoms with E-state index in [2.05, 4.69) is 10.3 Å². The van der Waals surface area contributed by atoms with Gasteiger partial charge in [0.25, 0.3) is 5.91 Å². The van der Waals surface area contributed by atoms with E-state index in [1.165, 1.54) is 13.8 Å². The number of guanidine groups is 1. The molecule has 3 N–H and O–H groups in total. The number of amides is 1. The first kappa shape index (κ1) is 11.5. The molecule has 1 aromatic carbocycles. The molecule has 6 heteroatoms. The summed E-state index contributed by atoms with van der Waals surface area (Å²) in [6, 6.07) is 2.01. The van der Waals surface area contributed by atoms with Crippen LogP contribution in [0.1, 0.15) is 18.1 Å². The van der Waals surface area contributed by atoms with Gasteiger partial charge in [0.1, 0.15) is 11.6 Å². The van der Waals surface area contributed by atoms with Crippen molar-refractivity contribution in [1.82, 2.24) is 5.32 Å². The second-order valence-corrected chi connectivity index (χ2v) is 4.10. The van der Waals surface area contributed by atoms with Crippen molar-refractivity contribution in [2.75, 3.05) is 0 Å². The molecule has 2 rings (SSSR count). The third-order valence-corrected chi connectivity index (χ3v) is 2.80. The molecule has 4 nitrogen and oxygen atoms in total. The summed E-state index contributed by atoms with van der Waals surface area (Å²) in [7, 11) is 0. The third-order valence-electron chi connectivity index (χ3n) is 2.80. The highest BCUT2D eigenvalue weighted by atomic mass is 19.1. The molecule has 1 heterocycles. The van der Waals surface area contributed by atoms with Crippen molar-refractivity contribution in [3.63, 3.8) is 0 Å². The SMILES string of the molecule is Cc1cc(F)c(C2(C)N=C(N)NC2=O)cc1F. The van der Waals surface area contributed by atoms with E-state index in [-0.39, 0.29) is 17.1 Å². The molecule has 0 fully saturated rings. The van der Waals surface area contributed by atoms with E-state index >= 15 is 0 Å². The standard InChI is InChI=1S/C11H11F2N3O/c1-5-3-8(13)6(4-7(5)12)11(2)9(17)15-10(14)16-11/h3-4H,1-2H3,(H3,14,15,16,17). The van der Waals surface area contributed by atoms with Crippen molar-refractivity contribution >= 4 is 11.9 Å². The molecule has 1 unspecified atom stereocenters. The minimum atomic E-state index is -1.51. The number of rotatable bonds is 1. The van der Waals surface area contributed by atoms with Crippen LogP contribution in [0.15, 0.2) is 17.1 Å². The highest BCUT2D eigenvalue weighted by Crippen LogP contribution is 2.31. The zero-order valence-corrected chi connectivity index (χ0v) is 9.34. The molecule has 0 aromatic heterocycles. The largest absolute Gasteiger partial charge is 0.370 e. The fourth-order valence-electron chi connectivity index (χ4n) is 1.76. The topological polar surface area (TPSA) is 67.5 Å². The molecule has 0 spiro atoms. The van der Waals surface area contributed by atoms with Crippen LogP contribution in [0.4, 0.5) is 8.78 Å². The van der Waals surface area contributed by atoms with E-state index in [0.717, 1.165) is 12.1 Å². The monoisotopic (exact) mass is 239 g/mol. The van der Waals surface area contributed by atoms with Crippen molar-refractivity contribution in [3.05, 3.63) is 34.9 Å². The summed E-state index contributed by atoms with van der Waals surface area (Å²) in [6.45, 7) is 2.83. The summed E-state index contributed by atoms with van der Waals surface area (Å²) in [6.07, 6.45) is 0. The number of carbonyl (C=O) groups excluding carboxylic acids is 1. The molecule has 1 atom stereocenters. The molecule has 1 aliphatic rings. The summed E-state index contributed by atoms with van der Waals surface area (Å²) in [5.74, 6) is -1.94. The van der Waals surface area contributed by atoms with Gasteiger partial charge in [0.05, 0.1) is 0 Å². The summed E-state index contributed by atoms with van der Waals surface area (Å²) in [4.78, 5) is 15.5. The Morgan fingerprint density at radius 3 is 2.53 bits per heavy atom. The fourth-order valence-corrected chi connectivity index (χ4v) is 1.76. The van der Waals surface area contributed by atoms with Gasteiger partial charge in [0.2, 0.25) is 0 Å². The Bertz CT molecular complexity index is 542. The molecule has 1 amide bonds. The van der Waals surface area contributed by atoms with E-state index < -0.39 is 23.1 Å². The van der Waals surface area contributed by atoms with Crippen LogP contribution in [0.3, 0.4) is 0 Å². The normalized spacial score (nSPS) is 23.5. The number of carbonyl (C=O) groups is 1. The lowest BCUT2D eigenvalue weighted by atomic mass is 9.91. The van der Waals surface area contributed by atoms with Gasteiger partial charge in [-0.25, -0.2) is 13.8 Å². The summed E-state index contributed by atoms with van der Waals surface area (Å²) < 4.78 is 27.2. The van der Waals surface area contributed by atoms with Crippen molar-refractivity contribution in [2.45, 2.75) is 19.4 Å². The number of benzene rings is 1. The van der Waals surface area contributed by atoms with Crippen molar-refractivity contribution < 1.29 is 13.6 Å². The molecule has 1 aliphatic heterocycles. The molecule has 0 radical (unpaired) electrons. The van der Waals surface area contributed by atoms with Gasteiger partial charge in [0, 0.05) is 5.56 Å². The molecule has 0 bridgehead atoms. The van der Waals surface area contributed by atoms with Gasteiger partial charge < -0.3 is 5.73 Å². The van der Waals surface area contributed by atoms with Gasteiger partial charge in [-0.15, -0.1) is 0 Å².